The molecule has 1 aromatic carbocycles. The Hall–Kier alpha value is -3.17. The molecule has 0 unspecified atom stereocenters. The fourth-order valence-corrected chi connectivity index (χ4v) is 4.22. The molecule has 0 radical (unpaired) electrons. The van der Waals surface area contributed by atoms with Gasteiger partial charge >= 0.3 is 6.09 Å². The molecule has 1 atom stereocenters. The molecular formula is C21H17ClFN3O4S. The van der Waals surface area contributed by atoms with E-state index in [1.165, 1.54) is 21.6 Å². The molecule has 31 heavy (non-hydrogen) atoms. The fourth-order valence-electron chi connectivity index (χ4n) is 3.26. The van der Waals surface area contributed by atoms with E-state index in [1.54, 1.807) is 43.6 Å². The van der Waals surface area contributed by atoms with Crippen LogP contribution in [0.2, 0.25) is 4.34 Å². The Morgan fingerprint density at radius 3 is 2.81 bits per heavy atom. The number of pyridine rings is 1. The standard InChI is InChI=1S/C21H17ClFN3O4S/c1-25-8-2-3-14(20(25)28)12-4-5-16(15(23)9-12)26-11-13(30-21(26)29)10-24-19(27)17-6-7-18(22)31-17/h2-9,13H,10-11H2,1H3,(H,24,27)/t13-/m0/s1. The van der Waals surface area contributed by atoms with E-state index in [0.29, 0.717) is 20.3 Å². The van der Waals surface area contributed by atoms with Crippen LogP contribution >= 0.6 is 22.9 Å². The van der Waals surface area contributed by atoms with Crippen LogP contribution in [-0.2, 0) is 11.8 Å². The predicted octanol–water partition coefficient (Wildman–Crippen LogP) is 3.66. The molecule has 0 aliphatic carbocycles. The second-order valence-corrected chi connectivity index (χ2v) is 8.65. The van der Waals surface area contributed by atoms with Crippen molar-refractivity contribution in [1.82, 2.24) is 9.88 Å². The minimum absolute atomic E-state index is 0.0420. The molecule has 0 spiro atoms. The Morgan fingerprint density at radius 2 is 2.10 bits per heavy atom. The van der Waals surface area contributed by atoms with Crippen molar-refractivity contribution in [3.05, 3.63) is 74.0 Å². The Kier molecular flexibility index (Phi) is 5.79. The SMILES string of the molecule is Cn1cccc(-c2ccc(N3C[C@H](CNC(=O)c4ccc(Cl)s4)OC3=O)c(F)c2)c1=O. The average molecular weight is 462 g/mol. The summed E-state index contributed by atoms with van der Waals surface area (Å²) in [4.78, 5) is 38.3. The van der Waals surface area contributed by atoms with Gasteiger partial charge in [0.1, 0.15) is 11.9 Å². The summed E-state index contributed by atoms with van der Waals surface area (Å²) in [5.74, 6) is -0.982. The van der Waals surface area contributed by atoms with Crippen molar-refractivity contribution in [1.29, 1.82) is 0 Å². The number of cyclic esters (lactones) is 1. The Balaban J connectivity index is 1.46. The molecule has 0 saturated carbocycles. The Labute approximate surface area is 185 Å². The lowest BCUT2D eigenvalue weighted by atomic mass is 10.1. The Bertz CT molecular complexity index is 1230. The molecule has 1 N–H and O–H groups in total. The zero-order chi connectivity index (χ0) is 22.1. The predicted molar refractivity (Wildman–Crippen MR) is 116 cm³/mol. The molecule has 3 aromatic rings. The van der Waals surface area contributed by atoms with Crippen molar-refractivity contribution in [3.8, 4) is 11.1 Å². The van der Waals surface area contributed by atoms with Gasteiger partial charge < -0.3 is 14.6 Å². The van der Waals surface area contributed by atoms with E-state index in [4.69, 9.17) is 16.3 Å². The first-order valence-electron chi connectivity index (χ1n) is 9.30. The highest BCUT2D eigenvalue weighted by atomic mass is 35.5. The highest BCUT2D eigenvalue weighted by Gasteiger charge is 2.34. The van der Waals surface area contributed by atoms with Gasteiger partial charge in [-0.2, -0.15) is 0 Å². The topological polar surface area (TPSA) is 80.6 Å². The molecule has 1 fully saturated rings. The number of thiophene rings is 1. The number of anilines is 1. The zero-order valence-corrected chi connectivity index (χ0v) is 17.9. The largest absolute Gasteiger partial charge is 0.442 e. The number of carbonyl (C=O) groups excluding carboxylic acids is 2. The summed E-state index contributed by atoms with van der Waals surface area (Å²) in [7, 11) is 1.61. The summed E-state index contributed by atoms with van der Waals surface area (Å²) in [5, 5.41) is 2.68. The number of benzene rings is 1. The number of halogens is 2. The van der Waals surface area contributed by atoms with E-state index in [9.17, 15) is 18.8 Å². The number of carbonyl (C=O) groups is 2. The number of aromatic nitrogens is 1. The van der Waals surface area contributed by atoms with E-state index >= 15 is 0 Å². The maximum atomic E-state index is 14.8. The van der Waals surface area contributed by atoms with Gasteiger partial charge in [-0.05, 0) is 42.0 Å². The minimum atomic E-state index is -0.708. The second kappa shape index (κ2) is 8.52. The molecule has 160 valence electrons. The van der Waals surface area contributed by atoms with Gasteiger partial charge in [0, 0.05) is 18.8 Å². The van der Waals surface area contributed by atoms with Crippen LogP contribution in [0.15, 0.2) is 53.5 Å². The lowest BCUT2D eigenvalue weighted by Gasteiger charge is -2.15. The highest BCUT2D eigenvalue weighted by molar-refractivity contribution is 7.18. The molecule has 10 heteroatoms. The van der Waals surface area contributed by atoms with Crippen molar-refractivity contribution in [2.45, 2.75) is 6.10 Å². The van der Waals surface area contributed by atoms with E-state index in [1.807, 2.05) is 0 Å². The maximum absolute atomic E-state index is 14.8. The van der Waals surface area contributed by atoms with Crippen molar-refractivity contribution in [3.63, 3.8) is 0 Å². The van der Waals surface area contributed by atoms with Gasteiger partial charge in [0.15, 0.2) is 0 Å². The molecule has 4 rings (SSSR count). The normalized spacial score (nSPS) is 15.8. The van der Waals surface area contributed by atoms with Gasteiger partial charge in [0.05, 0.1) is 28.0 Å². The molecule has 2 aromatic heterocycles. The van der Waals surface area contributed by atoms with Gasteiger partial charge in [-0.3, -0.25) is 14.5 Å². The monoisotopic (exact) mass is 461 g/mol. The number of nitrogens with zero attached hydrogens (tertiary/aromatic N) is 2. The number of aryl methyl sites for hydroxylation is 1. The van der Waals surface area contributed by atoms with E-state index in [2.05, 4.69) is 5.32 Å². The zero-order valence-electron chi connectivity index (χ0n) is 16.3. The number of rotatable bonds is 5. The van der Waals surface area contributed by atoms with Crippen LogP contribution in [0, 0.1) is 5.82 Å². The first-order chi connectivity index (χ1) is 14.8. The average Bonchev–Trinajstić information content (AvgIpc) is 3.34. The number of amides is 2. The van der Waals surface area contributed by atoms with Gasteiger partial charge in [-0.25, -0.2) is 9.18 Å². The highest BCUT2D eigenvalue weighted by Crippen LogP contribution is 2.28. The summed E-state index contributed by atoms with van der Waals surface area (Å²) >= 11 is 6.97. The lowest BCUT2D eigenvalue weighted by molar-refractivity contribution is 0.0920. The Morgan fingerprint density at radius 1 is 1.29 bits per heavy atom. The van der Waals surface area contributed by atoms with E-state index in [0.717, 1.165) is 11.3 Å². The van der Waals surface area contributed by atoms with Crippen molar-refractivity contribution < 1.29 is 18.7 Å². The fraction of sp³-hybridized carbons (Fsp3) is 0.190. The van der Waals surface area contributed by atoms with Crippen LogP contribution < -0.4 is 15.8 Å². The molecule has 2 amide bonds. The number of nitrogens with one attached hydrogen (secondary N) is 1. The first-order valence-corrected chi connectivity index (χ1v) is 10.5. The van der Waals surface area contributed by atoms with Crippen LogP contribution in [0.4, 0.5) is 14.9 Å². The van der Waals surface area contributed by atoms with Gasteiger partial charge in [-0.1, -0.05) is 17.7 Å². The van der Waals surface area contributed by atoms with Gasteiger partial charge in [-0.15, -0.1) is 11.3 Å². The summed E-state index contributed by atoms with van der Waals surface area (Å²) < 4.78 is 22.0. The number of ether oxygens (including phenoxy) is 1. The summed E-state index contributed by atoms with van der Waals surface area (Å²) in [6.07, 6.45) is 0.274. The third-order valence-corrected chi connectivity index (χ3v) is 6.06. The van der Waals surface area contributed by atoms with Crippen molar-refractivity contribution in [2.75, 3.05) is 18.0 Å². The van der Waals surface area contributed by atoms with Gasteiger partial charge in [0.25, 0.3) is 11.5 Å². The quantitative estimate of drug-likeness (QED) is 0.628. The minimum Gasteiger partial charge on any atom is -0.442 e. The van der Waals surface area contributed by atoms with Crippen LogP contribution in [0.3, 0.4) is 0 Å². The summed E-state index contributed by atoms with van der Waals surface area (Å²) in [5.41, 5.74) is 0.556. The van der Waals surface area contributed by atoms with Crippen molar-refractivity contribution >= 4 is 40.6 Å². The summed E-state index contributed by atoms with van der Waals surface area (Å²) in [6.45, 7) is 0.157. The molecule has 1 saturated heterocycles. The molecule has 1 aliphatic heterocycles. The smallest absolute Gasteiger partial charge is 0.414 e. The molecule has 7 nitrogen and oxygen atoms in total. The molecule has 1 aliphatic rings. The summed E-state index contributed by atoms with van der Waals surface area (Å²) in [6, 6.07) is 10.8. The van der Waals surface area contributed by atoms with Gasteiger partial charge in [0.2, 0.25) is 0 Å². The number of hydrogen-bond acceptors (Lipinski definition) is 5. The van der Waals surface area contributed by atoms with E-state index in [-0.39, 0.29) is 30.2 Å². The first kappa shape index (κ1) is 21.1. The van der Waals surface area contributed by atoms with E-state index < -0.39 is 18.0 Å². The maximum Gasteiger partial charge on any atom is 0.414 e. The number of hydrogen-bond donors (Lipinski definition) is 1. The van der Waals surface area contributed by atoms with Crippen molar-refractivity contribution in [2.24, 2.45) is 7.05 Å². The lowest BCUT2D eigenvalue weighted by Crippen LogP contribution is -2.34. The third-order valence-electron chi connectivity index (χ3n) is 4.83. The van der Waals surface area contributed by atoms with Crippen LogP contribution in [-0.4, -0.2) is 35.8 Å². The molecular weight excluding hydrogens is 445 g/mol. The van der Waals surface area contributed by atoms with Crippen LogP contribution in [0.25, 0.3) is 11.1 Å². The second-order valence-electron chi connectivity index (χ2n) is 6.93. The van der Waals surface area contributed by atoms with Crippen LogP contribution in [0.1, 0.15) is 9.67 Å². The molecule has 0 bridgehead atoms. The third kappa shape index (κ3) is 4.33. The van der Waals surface area contributed by atoms with Crippen LogP contribution in [0.5, 0.6) is 0 Å². The molecule has 3 heterocycles.